The van der Waals surface area contributed by atoms with Crippen molar-refractivity contribution < 1.29 is 24.5 Å². The zero-order chi connectivity index (χ0) is 17.1. The first-order valence-corrected chi connectivity index (χ1v) is 6.95. The molecule has 1 saturated heterocycles. The molecular formula is C13H19N3O7. The highest BCUT2D eigenvalue weighted by Gasteiger charge is 2.46. The minimum atomic E-state index is -1.23. The summed E-state index contributed by atoms with van der Waals surface area (Å²) in [6.45, 7) is -0.832. The van der Waals surface area contributed by atoms with Crippen LogP contribution in [0.3, 0.4) is 0 Å². The number of carbonyl (C=O) groups is 1. The molecule has 10 heteroatoms. The van der Waals surface area contributed by atoms with Gasteiger partial charge in [0, 0.05) is 20.3 Å². The molecule has 0 bridgehead atoms. The van der Waals surface area contributed by atoms with Gasteiger partial charge in [0.1, 0.15) is 31.0 Å². The Labute approximate surface area is 130 Å². The van der Waals surface area contributed by atoms with Crippen LogP contribution in [0.5, 0.6) is 0 Å². The van der Waals surface area contributed by atoms with E-state index in [2.05, 4.69) is 10.3 Å². The third kappa shape index (κ3) is 3.50. The van der Waals surface area contributed by atoms with Gasteiger partial charge < -0.3 is 29.6 Å². The van der Waals surface area contributed by atoms with Crippen molar-refractivity contribution in [3.05, 3.63) is 32.6 Å². The zero-order valence-corrected chi connectivity index (χ0v) is 12.7. The van der Waals surface area contributed by atoms with Crippen LogP contribution in [0.4, 0.5) is 0 Å². The molecule has 1 aliphatic rings. The molecule has 1 aliphatic heterocycles. The third-order valence-electron chi connectivity index (χ3n) is 3.65. The lowest BCUT2D eigenvalue weighted by molar-refractivity contribution is -0.130. The standard InChI is InChI=1S/C13H19N3O7/c1-14-8(18)5-22-11-9(19)7(4-17)23-10(11)6-3-16(2)13(21)15-12(6)20/h3,7,9-11,17,19H,4-5H2,1-2H3,(H,14,18)(H,15,20,21)/t7-,9?,10+,11?/m1/s1. The number of aliphatic hydroxyl groups is 2. The van der Waals surface area contributed by atoms with Gasteiger partial charge in [-0.3, -0.25) is 14.6 Å². The monoisotopic (exact) mass is 329 g/mol. The maximum Gasteiger partial charge on any atom is 0.328 e. The van der Waals surface area contributed by atoms with E-state index >= 15 is 0 Å². The molecule has 128 valence electrons. The van der Waals surface area contributed by atoms with Crippen molar-refractivity contribution in [2.75, 3.05) is 20.3 Å². The molecule has 1 aromatic heterocycles. The van der Waals surface area contributed by atoms with Gasteiger partial charge in [0.25, 0.3) is 5.56 Å². The molecule has 2 heterocycles. The lowest BCUT2D eigenvalue weighted by Crippen LogP contribution is -2.39. The Kier molecular flexibility index (Phi) is 5.31. The zero-order valence-electron chi connectivity index (χ0n) is 12.7. The SMILES string of the molecule is CNC(=O)COC1C(O)[C@@H](CO)O[C@H]1c1cn(C)c(=O)[nH]c1=O. The molecule has 4 N–H and O–H groups in total. The second-order valence-corrected chi connectivity index (χ2v) is 5.17. The van der Waals surface area contributed by atoms with E-state index < -0.39 is 48.2 Å². The van der Waals surface area contributed by atoms with Gasteiger partial charge in [-0.15, -0.1) is 0 Å². The maximum atomic E-state index is 12.0. The lowest BCUT2D eigenvalue weighted by Gasteiger charge is -2.20. The van der Waals surface area contributed by atoms with Crippen molar-refractivity contribution in [3.8, 4) is 0 Å². The average molecular weight is 329 g/mol. The molecule has 0 aromatic carbocycles. The number of nitrogens with zero attached hydrogens (tertiary/aromatic N) is 1. The lowest BCUT2D eigenvalue weighted by atomic mass is 10.0. The molecule has 2 rings (SSSR count). The summed E-state index contributed by atoms with van der Waals surface area (Å²) in [6.07, 6.45) is -2.99. The molecule has 10 nitrogen and oxygen atoms in total. The molecule has 0 spiro atoms. The van der Waals surface area contributed by atoms with Gasteiger partial charge in [0.15, 0.2) is 0 Å². The van der Waals surface area contributed by atoms with Crippen LogP contribution in [-0.2, 0) is 21.3 Å². The third-order valence-corrected chi connectivity index (χ3v) is 3.65. The van der Waals surface area contributed by atoms with E-state index in [1.807, 2.05) is 0 Å². The number of aryl methyl sites for hydroxylation is 1. The Morgan fingerprint density at radius 1 is 1.52 bits per heavy atom. The molecule has 0 radical (unpaired) electrons. The van der Waals surface area contributed by atoms with Crippen LogP contribution in [0.2, 0.25) is 0 Å². The first-order valence-electron chi connectivity index (χ1n) is 6.95. The summed E-state index contributed by atoms with van der Waals surface area (Å²) in [7, 11) is 2.87. The number of ether oxygens (including phenoxy) is 2. The fourth-order valence-corrected chi connectivity index (χ4v) is 2.35. The van der Waals surface area contributed by atoms with Gasteiger partial charge >= 0.3 is 5.69 Å². The number of aliphatic hydroxyl groups excluding tert-OH is 2. The van der Waals surface area contributed by atoms with E-state index in [9.17, 15) is 24.6 Å². The highest BCUT2D eigenvalue weighted by molar-refractivity contribution is 5.76. The predicted octanol–water partition coefficient (Wildman–Crippen LogP) is -3.00. The van der Waals surface area contributed by atoms with E-state index in [4.69, 9.17) is 9.47 Å². The van der Waals surface area contributed by atoms with E-state index in [1.54, 1.807) is 0 Å². The van der Waals surface area contributed by atoms with Gasteiger partial charge in [-0.2, -0.15) is 0 Å². The summed E-state index contributed by atoms with van der Waals surface area (Å²) >= 11 is 0. The van der Waals surface area contributed by atoms with Crippen LogP contribution < -0.4 is 16.6 Å². The topological polar surface area (TPSA) is 143 Å². The number of rotatable bonds is 5. The van der Waals surface area contributed by atoms with Gasteiger partial charge in [-0.1, -0.05) is 0 Å². The fourth-order valence-electron chi connectivity index (χ4n) is 2.35. The van der Waals surface area contributed by atoms with Crippen molar-refractivity contribution in [1.29, 1.82) is 0 Å². The first-order chi connectivity index (χ1) is 10.9. The highest BCUT2D eigenvalue weighted by atomic mass is 16.6. The van der Waals surface area contributed by atoms with Crippen LogP contribution in [0.25, 0.3) is 0 Å². The van der Waals surface area contributed by atoms with Gasteiger partial charge in [-0.05, 0) is 0 Å². The smallest absolute Gasteiger partial charge is 0.328 e. The molecule has 1 fully saturated rings. The summed E-state index contributed by atoms with van der Waals surface area (Å²) in [6, 6.07) is 0. The van der Waals surface area contributed by atoms with Crippen LogP contribution in [0.15, 0.2) is 15.8 Å². The second kappa shape index (κ2) is 7.04. The quantitative estimate of drug-likeness (QED) is 0.451. The fraction of sp³-hybridized carbons (Fsp3) is 0.615. The minimum Gasteiger partial charge on any atom is -0.394 e. The molecular weight excluding hydrogens is 310 g/mol. The number of hydrogen-bond donors (Lipinski definition) is 4. The van der Waals surface area contributed by atoms with Crippen molar-refractivity contribution in [1.82, 2.24) is 14.9 Å². The molecule has 23 heavy (non-hydrogen) atoms. The number of aromatic nitrogens is 2. The van der Waals surface area contributed by atoms with Crippen LogP contribution >= 0.6 is 0 Å². The largest absolute Gasteiger partial charge is 0.394 e. The van der Waals surface area contributed by atoms with Crippen LogP contribution in [0, 0.1) is 0 Å². The number of carbonyl (C=O) groups excluding carboxylic acids is 1. The van der Waals surface area contributed by atoms with Crippen LogP contribution in [0.1, 0.15) is 11.7 Å². The highest BCUT2D eigenvalue weighted by Crippen LogP contribution is 2.33. The maximum absolute atomic E-state index is 12.0. The molecule has 4 atom stereocenters. The number of H-pyrrole nitrogens is 1. The van der Waals surface area contributed by atoms with E-state index in [0.717, 1.165) is 4.57 Å². The van der Waals surface area contributed by atoms with Gasteiger partial charge in [0.2, 0.25) is 5.91 Å². The Bertz CT molecular complexity index is 683. The summed E-state index contributed by atoms with van der Waals surface area (Å²) in [5, 5.41) is 21.8. The summed E-state index contributed by atoms with van der Waals surface area (Å²) < 4.78 is 12.0. The van der Waals surface area contributed by atoms with E-state index in [1.165, 1.54) is 20.3 Å². The van der Waals surface area contributed by atoms with Crippen LogP contribution in [-0.4, -0.2) is 64.2 Å². The average Bonchev–Trinajstić information content (AvgIpc) is 2.84. The Balaban J connectivity index is 2.33. The molecule has 0 saturated carbocycles. The summed E-state index contributed by atoms with van der Waals surface area (Å²) in [5.74, 6) is -0.419. The predicted molar refractivity (Wildman–Crippen MR) is 76.8 cm³/mol. The Morgan fingerprint density at radius 3 is 2.83 bits per heavy atom. The van der Waals surface area contributed by atoms with Crippen molar-refractivity contribution in [2.45, 2.75) is 24.4 Å². The summed E-state index contributed by atoms with van der Waals surface area (Å²) in [4.78, 5) is 36.8. The van der Waals surface area contributed by atoms with Gasteiger partial charge in [0.05, 0.1) is 12.2 Å². The second-order valence-electron chi connectivity index (χ2n) is 5.17. The van der Waals surface area contributed by atoms with Crippen molar-refractivity contribution >= 4 is 5.91 Å². The Morgan fingerprint density at radius 2 is 2.22 bits per heavy atom. The number of likely N-dealkylation sites (N-methyl/N-ethyl adjacent to an activating group) is 1. The normalized spacial score (nSPS) is 27.1. The number of nitrogens with one attached hydrogen (secondary N) is 2. The summed E-state index contributed by atoms with van der Waals surface area (Å²) in [5.41, 5.74) is -1.22. The minimum absolute atomic E-state index is 0.0593. The number of aromatic amines is 1. The molecule has 1 amide bonds. The number of hydrogen-bond acceptors (Lipinski definition) is 7. The first kappa shape index (κ1) is 17.3. The molecule has 2 unspecified atom stereocenters. The van der Waals surface area contributed by atoms with Crippen molar-refractivity contribution in [2.24, 2.45) is 7.05 Å². The van der Waals surface area contributed by atoms with E-state index in [-0.39, 0.29) is 12.2 Å². The molecule has 1 aromatic rings. The Hall–Kier alpha value is -2.01. The van der Waals surface area contributed by atoms with Gasteiger partial charge in [-0.25, -0.2) is 4.79 Å². The van der Waals surface area contributed by atoms with E-state index in [0.29, 0.717) is 0 Å². The molecule has 0 aliphatic carbocycles. The number of amides is 1. The van der Waals surface area contributed by atoms with Crippen molar-refractivity contribution in [3.63, 3.8) is 0 Å².